The fourth-order valence-electron chi connectivity index (χ4n) is 11.4. The van der Waals surface area contributed by atoms with Crippen molar-refractivity contribution in [1.82, 2.24) is 73.3 Å². The van der Waals surface area contributed by atoms with Crippen molar-refractivity contribution >= 4 is 104 Å². The van der Waals surface area contributed by atoms with Gasteiger partial charge in [-0.15, -0.1) is 5.53 Å². The molecule has 16 N–H and O–H groups in total. The molecule has 0 spiro atoms. The number of H-pyrrole nitrogens is 1. The topological polar surface area (TPSA) is 501 Å². The number of aromatic nitrogens is 1. The predicted octanol–water partition coefficient (Wildman–Crippen LogP) is -5.94. The second kappa shape index (κ2) is 39.8. The number of unbranched alkanes of at least 4 members (excludes halogenated alkanes) is 1. The Morgan fingerprint density at radius 3 is 2.12 bits per heavy atom. The number of carbonyl (C=O) groups excluding carboxylic acids is 12. The van der Waals surface area contributed by atoms with Crippen LogP contribution in [0.4, 0.5) is 0 Å². The number of fused-ring (bicyclic) bond motifs is 5. The van der Waals surface area contributed by atoms with E-state index in [1.54, 1.807) is 37.2 Å². The van der Waals surface area contributed by atoms with E-state index in [1.807, 2.05) is 0 Å². The van der Waals surface area contributed by atoms with E-state index in [0.29, 0.717) is 106 Å². The Morgan fingerprint density at radius 1 is 0.792 bits per heavy atom. The van der Waals surface area contributed by atoms with Crippen molar-refractivity contribution in [2.75, 3.05) is 117 Å². The first kappa shape index (κ1) is 80.0. The molecule has 0 aliphatic carbocycles. The summed E-state index contributed by atoms with van der Waals surface area (Å²) in [6.45, 7) is 5.18. The molecule has 1 fully saturated rings. The van der Waals surface area contributed by atoms with E-state index in [2.05, 4.69) is 58.5 Å². The molecule has 36 nitrogen and oxygen atoms in total. The maximum absolute atomic E-state index is 15.4. The number of nitrogens with two attached hydrogens (primary N) is 1. The second-order valence-electron chi connectivity index (χ2n) is 24.6. The highest BCUT2D eigenvalue weighted by Gasteiger charge is 2.45. The lowest BCUT2D eigenvalue weighted by Crippen LogP contribution is -2.62. The van der Waals surface area contributed by atoms with Crippen LogP contribution in [0.1, 0.15) is 70.4 Å². The van der Waals surface area contributed by atoms with Crippen LogP contribution in [0.25, 0.3) is 10.9 Å². The zero-order chi connectivity index (χ0) is 73.3. The van der Waals surface area contributed by atoms with Crippen molar-refractivity contribution in [3.63, 3.8) is 0 Å². The van der Waals surface area contributed by atoms with Crippen molar-refractivity contribution < 1.29 is 101 Å². The summed E-state index contributed by atoms with van der Waals surface area (Å²) in [5.41, 5.74) is 13.1. The Bertz CT molecular complexity index is 3380. The van der Waals surface area contributed by atoms with Crippen molar-refractivity contribution in [3.8, 4) is 5.75 Å². The molecule has 0 saturated carbocycles. The third-order valence-corrected chi connectivity index (χ3v) is 19.8. The minimum atomic E-state index is -2.45. The number of benzene rings is 1. The molecule has 5 aliphatic heterocycles. The standard InChI is InChI=1S/C63H93N15O21S2/c1-5-35(2)54-60(91)67-27-50(84)68-44-34-101(94)62-40(25-42(57(88)66-28-51(85)71-54)69-61(92)55(36(3)46(81)32-79)72-59(90)45-24-38(80)31-77(45)63(93)43(26-48(64)82)70-58(44)89)39-8-9-47(95-4)41(56(39)73-62)33-100-23-7-6-13-65-49(83)12-15-96-17-19-98-21-22-99-20-18-97-16-14-76-29-37(74-75-76)30-78-52(86)10-11-53(78)87/h8-11,29,35-36,38,42-46,54-55,73-75,79-81H,5-7,12-28,30-34H2,1-4H3,(H2,64,82)(H,65,83)(H,66,88)(H,67,91)(H,68,84)(H,69,92)(H,70,89)(H,71,85)(H,72,90)/t35-,36-,38+,42-,43-,44-,45-,46-,54-,55-,101?/m0/s1. The number of hydrogen-bond donors (Lipinski definition) is 15. The van der Waals surface area contributed by atoms with Gasteiger partial charge in [-0.1, -0.05) is 27.2 Å². The van der Waals surface area contributed by atoms with E-state index in [4.69, 9.17) is 29.4 Å². The number of nitrogens with one attached hydrogen (secondary N) is 11. The SMILES string of the molecule is CC[C@H](C)[C@@H]1NC(=O)CNC(=O)[C@@H]2Cc3c([nH]c4c(CSCCCCNC(=O)CCOCCOCCOCCOCCN5C=C(CN6C(=O)C=CC6=O)NN5)c(OC)ccc34)S(=O)C[C@H](NC(=O)CNC1=O)C(=O)N[C@@H](CC(N)=O)C(=O)N1C[C@H](O)C[C@H]1C(=O)N[C@@H]([C@@H](C)[C@@H](O)CO)C(=O)N2. The molecule has 7 rings (SSSR count). The number of aromatic amines is 1. The van der Waals surface area contributed by atoms with Gasteiger partial charge < -0.3 is 103 Å². The number of nitrogens with zero attached hydrogens (tertiary/aromatic N) is 3. The summed E-state index contributed by atoms with van der Waals surface area (Å²) in [4.78, 5) is 169. The third-order valence-electron chi connectivity index (χ3n) is 17.3. The largest absolute Gasteiger partial charge is 0.496 e. The Labute approximate surface area is 588 Å². The Hall–Kier alpha value is -8.34. The van der Waals surface area contributed by atoms with Gasteiger partial charge in [0.2, 0.25) is 59.1 Å². The lowest BCUT2D eigenvalue weighted by molar-refractivity contribution is -0.144. The molecule has 2 bridgehead atoms. The van der Waals surface area contributed by atoms with E-state index in [1.165, 1.54) is 37.9 Å². The van der Waals surface area contributed by atoms with Crippen LogP contribution < -0.4 is 64.0 Å². The number of thioether (sulfide) groups is 1. The first-order chi connectivity index (χ1) is 48.4. The summed E-state index contributed by atoms with van der Waals surface area (Å²) in [7, 11) is -1.02. The molecule has 1 unspecified atom stereocenters. The zero-order valence-electron chi connectivity index (χ0n) is 56.8. The average molecular weight is 1460 g/mol. The molecule has 101 heavy (non-hydrogen) atoms. The minimum absolute atomic E-state index is 0.107. The van der Waals surface area contributed by atoms with Crippen molar-refractivity contribution in [1.29, 1.82) is 0 Å². The second-order valence-corrected chi connectivity index (χ2v) is 27.1. The quantitative estimate of drug-likeness (QED) is 0.0240. The number of ether oxygens (including phenoxy) is 5. The Balaban J connectivity index is 1.00. The van der Waals surface area contributed by atoms with Crippen LogP contribution in [0.5, 0.6) is 5.75 Å². The molecule has 12 amide bonds. The van der Waals surface area contributed by atoms with Crippen LogP contribution in [0, 0.1) is 11.8 Å². The van der Waals surface area contributed by atoms with Gasteiger partial charge in [0.25, 0.3) is 11.8 Å². The number of hydrogen-bond acceptors (Lipinski definition) is 25. The van der Waals surface area contributed by atoms with Gasteiger partial charge in [-0.3, -0.25) is 71.7 Å². The first-order valence-electron chi connectivity index (χ1n) is 33.3. The monoisotopic (exact) mass is 1460 g/mol. The fourth-order valence-corrected chi connectivity index (χ4v) is 13.8. The van der Waals surface area contributed by atoms with Gasteiger partial charge in [0.15, 0.2) is 0 Å². The number of amides is 12. The molecular weight excluding hydrogens is 1370 g/mol. The van der Waals surface area contributed by atoms with Crippen LogP contribution in [0.2, 0.25) is 0 Å². The third kappa shape index (κ3) is 23.3. The molecule has 0 radical (unpaired) electrons. The maximum Gasteiger partial charge on any atom is 0.253 e. The van der Waals surface area contributed by atoms with Crippen molar-refractivity contribution in [2.45, 2.75) is 125 Å². The number of aliphatic hydroxyl groups is 3. The molecule has 5 aliphatic rings. The van der Waals surface area contributed by atoms with E-state index < -0.39 is 176 Å². The highest BCUT2D eigenvalue weighted by molar-refractivity contribution is 7.98. The van der Waals surface area contributed by atoms with Crippen LogP contribution in [-0.2, 0) is 99.5 Å². The van der Waals surface area contributed by atoms with Gasteiger partial charge in [-0.2, -0.15) is 11.8 Å². The van der Waals surface area contributed by atoms with E-state index in [-0.39, 0.29) is 60.2 Å². The Kier molecular flexibility index (Phi) is 31.5. The van der Waals surface area contributed by atoms with Crippen LogP contribution in [0.15, 0.2) is 41.2 Å². The van der Waals surface area contributed by atoms with E-state index in [9.17, 15) is 72.9 Å². The number of carbonyl (C=O) groups is 12. The molecule has 1 saturated heterocycles. The van der Waals surface area contributed by atoms with Crippen molar-refractivity contribution in [3.05, 3.63) is 47.3 Å². The number of imide groups is 1. The first-order valence-corrected chi connectivity index (χ1v) is 35.8. The van der Waals surface area contributed by atoms with Crippen molar-refractivity contribution in [2.24, 2.45) is 17.6 Å². The average Bonchev–Trinajstić information content (AvgIpc) is 1.62. The smallest absolute Gasteiger partial charge is 0.253 e. The molecule has 38 heteroatoms. The van der Waals surface area contributed by atoms with Gasteiger partial charge >= 0.3 is 0 Å². The van der Waals surface area contributed by atoms with E-state index in [0.717, 1.165) is 9.80 Å². The minimum Gasteiger partial charge on any atom is -0.496 e. The molecule has 2 aromatic rings. The fraction of sp³-hybridized carbons (Fsp3) is 0.619. The Morgan fingerprint density at radius 2 is 1.46 bits per heavy atom. The number of aliphatic hydroxyl groups excluding tert-OH is 3. The predicted molar refractivity (Wildman–Crippen MR) is 360 cm³/mol. The van der Waals surface area contributed by atoms with Gasteiger partial charge in [0.1, 0.15) is 47.0 Å². The summed E-state index contributed by atoms with van der Waals surface area (Å²) in [5, 5.41) is 54.3. The number of methoxy groups -OCH3 is 1. The number of rotatable bonds is 32. The maximum atomic E-state index is 15.4. The zero-order valence-corrected chi connectivity index (χ0v) is 58.4. The number of hydrazine groups is 2. The highest BCUT2D eigenvalue weighted by Crippen LogP contribution is 2.36. The van der Waals surface area contributed by atoms with Crippen LogP contribution in [-0.4, -0.2) is 276 Å². The summed E-state index contributed by atoms with van der Waals surface area (Å²) in [6.07, 6.45) is 1.00. The summed E-state index contributed by atoms with van der Waals surface area (Å²) in [5.74, 6) is -11.8. The summed E-state index contributed by atoms with van der Waals surface area (Å²) < 4.78 is 43.5. The molecular formula is C63H93N15O21S2. The van der Waals surface area contributed by atoms with Crippen LogP contribution >= 0.6 is 11.8 Å². The molecule has 6 heterocycles. The molecule has 558 valence electrons. The summed E-state index contributed by atoms with van der Waals surface area (Å²) >= 11 is 1.49. The summed E-state index contributed by atoms with van der Waals surface area (Å²) in [6, 6.07) is -6.98. The highest BCUT2D eigenvalue weighted by atomic mass is 32.2. The lowest BCUT2D eigenvalue weighted by Gasteiger charge is -2.32. The van der Waals surface area contributed by atoms with E-state index >= 15 is 4.21 Å². The van der Waals surface area contributed by atoms with Crippen LogP contribution in [0.3, 0.4) is 0 Å². The lowest BCUT2D eigenvalue weighted by atomic mass is 9.93. The van der Waals surface area contributed by atoms with Gasteiger partial charge in [0.05, 0.1) is 139 Å². The number of primary amides is 1. The van der Waals surface area contributed by atoms with Gasteiger partial charge in [-0.05, 0) is 42.2 Å². The molecule has 11 atom stereocenters. The van der Waals surface area contributed by atoms with Gasteiger partial charge in [0, 0.05) is 73.3 Å². The normalized spacial score (nSPS) is 23.7. The molecule has 1 aromatic heterocycles. The van der Waals surface area contributed by atoms with Gasteiger partial charge in [-0.25, -0.2) is 0 Å². The molecule has 1 aromatic carbocycles.